The van der Waals surface area contributed by atoms with Gasteiger partial charge in [-0.2, -0.15) is 0 Å². The van der Waals surface area contributed by atoms with E-state index in [1.165, 1.54) is 12.1 Å². The molecular weight excluding hydrogens is 330 g/mol. The number of benzene rings is 1. The van der Waals surface area contributed by atoms with Gasteiger partial charge >= 0.3 is 6.03 Å². The molecule has 0 radical (unpaired) electrons. The first-order valence-electron chi connectivity index (χ1n) is 7.61. The van der Waals surface area contributed by atoms with E-state index in [2.05, 4.69) is 5.32 Å². The summed E-state index contributed by atoms with van der Waals surface area (Å²) in [6.07, 6.45) is 3.30. The predicted octanol–water partition coefficient (Wildman–Crippen LogP) is 2.60. The van der Waals surface area contributed by atoms with Gasteiger partial charge in [-0.05, 0) is 49.6 Å². The highest BCUT2D eigenvalue weighted by Crippen LogP contribution is 2.33. The summed E-state index contributed by atoms with van der Waals surface area (Å²) >= 11 is 0. The third-order valence-electron chi connectivity index (χ3n) is 4.16. The number of rotatable bonds is 3. The van der Waals surface area contributed by atoms with E-state index in [-0.39, 0.29) is 17.0 Å². The van der Waals surface area contributed by atoms with Gasteiger partial charge in [-0.25, -0.2) is 18.4 Å². The summed E-state index contributed by atoms with van der Waals surface area (Å²) < 4.78 is 28.4. The van der Waals surface area contributed by atoms with Gasteiger partial charge in [0.25, 0.3) is 0 Å². The van der Waals surface area contributed by atoms with Crippen LogP contribution in [0.1, 0.15) is 30.2 Å². The van der Waals surface area contributed by atoms with Gasteiger partial charge in [0.2, 0.25) is 10.0 Å². The van der Waals surface area contributed by atoms with Gasteiger partial charge in [0.1, 0.15) is 5.76 Å². The summed E-state index contributed by atoms with van der Waals surface area (Å²) in [5.74, 6) is 0.748. The number of sulfonamides is 1. The lowest BCUT2D eigenvalue weighted by Crippen LogP contribution is -2.34. The summed E-state index contributed by atoms with van der Waals surface area (Å²) in [7, 11) is -3.82. The van der Waals surface area contributed by atoms with Crippen molar-refractivity contribution >= 4 is 21.7 Å². The lowest BCUT2D eigenvalue weighted by Gasteiger charge is -2.24. The molecule has 2 aromatic rings. The number of nitrogens with one attached hydrogen (secondary N) is 1. The Morgan fingerprint density at radius 3 is 2.83 bits per heavy atom. The minimum atomic E-state index is -3.82. The Kier molecular flexibility index (Phi) is 4.33. The van der Waals surface area contributed by atoms with E-state index in [9.17, 15) is 13.2 Å². The highest BCUT2D eigenvalue weighted by atomic mass is 32.2. The zero-order valence-corrected chi connectivity index (χ0v) is 14.0. The number of primary sulfonamides is 1. The number of nitrogens with zero attached hydrogens (tertiary/aromatic N) is 1. The first kappa shape index (κ1) is 16.5. The second-order valence-corrected chi connectivity index (χ2v) is 7.38. The molecule has 2 heterocycles. The molecule has 0 spiro atoms. The molecular formula is C16H19N3O4S. The van der Waals surface area contributed by atoms with Crippen LogP contribution < -0.4 is 10.5 Å². The first-order valence-corrected chi connectivity index (χ1v) is 9.15. The van der Waals surface area contributed by atoms with Crippen molar-refractivity contribution in [3.05, 3.63) is 47.9 Å². The lowest BCUT2D eigenvalue weighted by molar-refractivity contribution is 0.200. The topological polar surface area (TPSA) is 106 Å². The van der Waals surface area contributed by atoms with Crippen LogP contribution in [0.2, 0.25) is 0 Å². The SMILES string of the molecule is Cc1ccc(S(N)(=O)=O)cc1NC(=O)N1CCC[C@@H]1c1ccco1. The third kappa shape index (κ3) is 3.29. The Morgan fingerprint density at radius 1 is 1.38 bits per heavy atom. The van der Waals surface area contributed by atoms with Crippen molar-refractivity contribution in [2.45, 2.75) is 30.7 Å². The van der Waals surface area contributed by atoms with Gasteiger partial charge in [-0.3, -0.25) is 0 Å². The van der Waals surface area contributed by atoms with E-state index in [1.807, 2.05) is 6.07 Å². The summed E-state index contributed by atoms with van der Waals surface area (Å²) in [6.45, 7) is 2.40. The predicted molar refractivity (Wildman–Crippen MR) is 89.0 cm³/mol. The van der Waals surface area contributed by atoms with Crippen LogP contribution in [-0.4, -0.2) is 25.9 Å². The van der Waals surface area contributed by atoms with E-state index in [4.69, 9.17) is 9.56 Å². The van der Waals surface area contributed by atoms with Crippen LogP contribution in [0.15, 0.2) is 45.9 Å². The molecule has 1 aliphatic heterocycles. The molecule has 0 bridgehead atoms. The number of carbonyl (C=O) groups excluding carboxylic acids is 1. The summed E-state index contributed by atoms with van der Waals surface area (Å²) in [4.78, 5) is 14.3. The first-order chi connectivity index (χ1) is 11.4. The molecule has 3 N–H and O–H groups in total. The van der Waals surface area contributed by atoms with Crippen molar-refractivity contribution in [2.75, 3.05) is 11.9 Å². The number of nitrogens with two attached hydrogens (primary N) is 1. The standard InChI is InChI=1S/C16H19N3O4S/c1-11-6-7-12(24(17,21)22)10-13(11)18-16(20)19-8-2-4-14(19)15-5-3-9-23-15/h3,5-7,9-10,14H,2,4,8H2,1H3,(H,18,20)(H2,17,21,22)/t14-/m1/s1. The molecule has 8 heteroatoms. The number of likely N-dealkylation sites (tertiary alicyclic amines) is 1. The van der Waals surface area contributed by atoms with Crippen LogP contribution in [-0.2, 0) is 10.0 Å². The molecule has 1 aromatic heterocycles. The maximum absolute atomic E-state index is 12.6. The quantitative estimate of drug-likeness (QED) is 0.888. The van der Waals surface area contributed by atoms with Crippen molar-refractivity contribution in [2.24, 2.45) is 5.14 Å². The molecule has 1 aromatic carbocycles. The van der Waals surface area contributed by atoms with E-state index >= 15 is 0 Å². The number of amides is 2. The molecule has 0 unspecified atom stereocenters. The molecule has 2 amide bonds. The van der Waals surface area contributed by atoms with Crippen molar-refractivity contribution in [1.29, 1.82) is 0 Å². The van der Waals surface area contributed by atoms with E-state index < -0.39 is 10.0 Å². The molecule has 1 atom stereocenters. The highest BCUT2D eigenvalue weighted by molar-refractivity contribution is 7.89. The van der Waals surface area contributed by atoms with Crippen molar-refractivity contribution in [3.8, 4) is 0 Å². The third-order valence-corrected chi connectivity index (χ3v) is 5.08. The smallest absolute Gasteiger partial charge is 0.322 e. The Labute approximate surface area is 140 Å². The van der Waals surface area contributed by atoms with Crippen molar-refractivity contribution in [3.63, 3.8) is 0 Å². The van der Waals surface area contributed by atoms with Crippen molar-refractivity contribution < 1.29 is 17.6 Å². The summed E-state index contributed by atoms with van der Waals surface area (Å²) in [5.41, 5.74) is 1.18. The summed E-state index contributed by atoms with van der Waals surface area (Å²) in [6, 6.07) is 7.66. The van der Waals surface area contributed by atoms with Crippen LogP contribution in [0, 0.1) is 6.92 Å². The van der Waals surface area contributed by atoms with Gasteiger partial charge in [0, 0.05) is 12.2 Å². The van der Waals surface area contributed by atoms with E-state index in [1.54, 1.807) is 30.2 Å². The Balaban J connectivity index is 1.82. The fraction of sp³-hybridized carbons (Fsp3) is 0.312. The number of hydrogen-bond acceptors (Lipinski definition) is 4. The summed E-state index contributed by atoms with van der Waals surface area (Å²) in [5, 5.41) is 7.93. The zero-order valence-electron chi connectivity index (χ0n) is 13.2. The fourth-order valence-electron chi connectivity index (χ4n) is 2.89. The average Bonchev–Trinajstić information content (AvgIpc) is 3.18. The molecule has 0 saturated carbocycles. The molecule has 1 aliphatic rings. The molecule has 7 nitrogen and oxygen atoms in total. The number of carbonyl (C=O) groups is 1. The molecule has 128 valence electrons. The number of hydrogen-bond donors (Lipinski definition) is 2. The van der Waals surface area contributed by atoms with Crippen LogP contribution in [0.3, 0.4) is 0 Å². The van der Waals surface area contributed by atoms with Crippen LogP contribution in [0.4, 0.5) is 10.5 Å². The maximum Gasteiger partial charge on any atom is 0.322 e. The second-order valence-electron chi connectivity index (χ2n) is 5.82. The molecule has 24 heavy (non-hydrogen) atoms. The molecule has 0 aliphatic carbocycles. The van der Waals surface area contributed by atoms with Gasteiger partial charge in [0.15, 0.2) is 0 Å². The zero-order chi connectivity index (χ0) is 17.3. The Morgan fingerprint density at radius 2 is 2.17 bits per heavy atom. The molecule has 1 fully saturated rings. The minimum Gasteiger partial charge on any atom is -0.467 e. The Bertz CT molecular complexity index is 846. The maximum atomic E-state index is 12.6. The van der Waals surface area contributed by atoms with E-state index in [0.29, 0.717) is 12.2 Å². The van der Waals surface area contributed by atoms with Gasteiger partial charge in [0.05, 0.1) is 17.2 Å². The number of furan rings is 1. The van der Waals surface area contributed by atoms with E-state index in [0.717, 1.165) is 24.2 Å². The number of anilines is 1. The van der Waals surface area contributed by atoms with Gasteiger partial charge in [-0.15, -0.1) is 0 Å². The second kappa shape index (κ2) is 6.29. The van der Waals surface area contributed by atoms with Crippen molar-refractivity contribution in [1.82, 2.24) is 4.90 Å². The monoisotopic (exact) mass is 349 g/mol. The van der Waals surface area contributed by atoms with Gasteiger partial charge in [-0.1, -0.05) is 6.07 Å². The number of aryl methyl sites for hydroxylation is 1. The lowest BCUT2D eigenvalue weighted by atomic mass is 10.1. The van der Waals surface area contributed by atoms with Crippen LogP contribution in [0.5, 0.6) is 0 Å². The molecule has 1 saturated heterocycles. The fourth-order valence-corrected chi connectivity index (χ4v) is 3.43. The van der Waals surface area contributed by atoms with Crippen LogP contribution >= 0.6 is 0 Å². The normalized spacial score (nSPS) is 17.9. The minimum absolute atomic E-state index is 0.0348. The van der Waals surface area contributed by atoms with Crippen LogP contribution in [0.25, 0.3) is 0 Å². The average molecular weight is 349 g/mol. The largest absolute Gasteiger partial charge is 0.467 e. The Hall–Kier alpha value is -2.32. The van der Waals surface area contributed by atoms with Gasteiger partial charge < -0.3 is 14.6 Å². The number of urea groups is 1. The molecule has 3 rings (SSSR count). The highest BCUT2D eigenvalue weighted by Gasteiger charge is 2.32.